The highest BCUT2D eigenvalue weighted by Gasteiger charge is 2.11. The van der Waals surface area contributed by atoms with E-state index in [1.54, 1.807) is 12.1 Å². The first-order valence-corrected chi connectivity index (χ1v) is 8.33. The first-order valence-electron chi connectivity index (χ1n) is 8.33. The maximum absolute atomic E-state index is 12.1. The van der Waals surface area contributed by atoms with E-state index in [4.69, 9.17) is 10.00 Å². The van der Waals surface area contributed by atoms with E-state index >= 15 is 0 Å². The standard InChI is InChI=1S/C20H19N3O4/c21-11-4-12-22-18(24)14-27-19(25)13-23-20(26)17-9-7-16(8-10-17)15-5-2-1-3-6-15/h1-3,5-10H,4,12-14H2,(H,22,24)(H,23,26). The average Bonchev–Trinajstić information content (AvgIpc) is 2.71. The van der Waals surface area contributed by atoms with Crippen LogP contribution in [0.15, 0.2) is 54.6 Å². The minimum absolute atomic E-state index is 0.179. The van der Waals surface area contributed by atoms with Crippen molar-refractivity contribution in [1.82, 2.24) is 10.6 Å². The van der Waals surface area contributed by atoms with Gasteiger partial charge in [0.2, 0.25) is 0 Å². The van der Waals surface area contributed by atoms with Crippen molar-refractivity contribution in [2.75, 3.05) is 19.7 Å². The van der Waals surface area contributed by atoms with Crippen LogP contribution >= 0.6 is 0 Å². The predicted octanol–water partition coefficient (Wildman–Crippen LogP) is 1.66. The molecule has 2 N–H and O–H groups in total. The SMILES string of the molecule is N#CCCNC(=O)COC(=O)CNC(=O)c1ccc(-c2ccccc2)cc1. The summed E-state index contributed by atoms with van der Waals surface area (Å²) in [7, 11) is 0. The minimum Gasteiger partial charge on any atom is -0.454 e. The summed E-state index contributed by atoms with van der Waals surface area (Å²) in [6, 6.07) is 18.6. The highest BCUT2D eigenvalue weighted by Crippen LogP contribution is 2.19. The van der Waals surface area contributed by atoms with Crippen LogP contribution in [0.2, 0.25) is 0 Å². The largest absolute Gasteiger partial charge is 0.454 e. The molecule has 138 valence electrons. The van der Waals surface area contributed by atoms with Gasteiger partial charge in [-0.3, -0.25) is 14.4 Å². The number of amides is 2. The van der Waals surface area contributed by atoms with Crippen molar-refractivity contribution < 1.29 is 19.1 Å². The number of carbonyl (C=O) groups is 3. The van der Waals surface area contributed by atoms with Crippen molar-refractivity contribution >= 4 is 17.8 Å². The molecule has 0 aliphatic rings. The Morgan fingerprint density at radius 3 is 2.26 bits per heavy atom. The second kappa shape index (κ2) is 10.4. The molecule has 2 aromatic carbocycles. The zero-order valence-electron chi connectivity index (χ0n) is 14.6. The van der Waals surface area contributed by atoms with E-state index in [9.17, 15) is 14.4 Å². The van der Waals surface area contributed by atoms with Gasteiger partial charge in [0.1, 0.15) is 6.54 Å². The molecule has 0 fully saturated rings. The lowest BCUT2D eigenvalue weighted by atomic mass is 10.0. The van der Waals surface area contributed by atoms with Crippen molar-refractivity contribution in [3.63, 3.8) is 0 Å². The molecule has 7 nitrogen and oxygen atoms in total. The third-order valence-electron chi connectivity index (χ3n) is 3.57. The summed E-state index contributed by atoms with van der Waals surface area (Å²) >= 11 is 0. The van der Waals surface area contributed by atoms with Gasteiger partial charge in [0.05, 0.1) is 12.5 Å². The normalized spacial score (nSPS) is 9.74. The number of nitrogens with one attached hydrogen (secondary N) is 2. The van der Waals surface area contributed by atoms with Gasteiger partial charge in [0.25, 0.3) is 11.8 Å². The summed E-state index contributed by atoms with van der Waals surface area (Å²) in [6.45, 7) is -0.598. The van der Waals surface area contributed by atoms with Gasteiger partial charge in [0.15, 0.2) is 6.61 Å². The lowest BCUT2D eigenvalue weighted by Crippen LogP contribution is -2.34. The number of rotatable bonds is 8. The second-order valence-electron chi connectivity index (χ2n) is 5.54. The quantitative estimate of drug-likeness (QED) is 0.546. The molecule has 2 rings (SSSR count). The van der Waals surface area contributed by atoms with Gasteiger partial charge in [-0.05, 0) is 23.3 Å². The number of nitrogens with zero attached hydrogens (tertiary/aromatic N) is 1. The molecule has 0 radical (unpaired) electrons. The maximum Gasteiger partial charge on any atom is 0.325 e. The molecule has 0 heterocycles. The fourth-order valence-corrected chi connectivity index (χ4v) is 2.21. The molecule has 0 unspecified atom stereocenters. The van der Waals surface area contributed by atoms with Crippen molar-refractivity contribution in [3.05, 3.63) is 60.2 Å². The van der Waals surface area contributed by atoms with Gasteiger partial charge in [-0.25, -0.2) is 0 Å². The van der Waals surface area contributed by atoms with Crippen LogP contribution in [0.25, 0.3) is 11.1 Å². The van der Waals surface area contributed by atoms with Gasteiger partial charge in [-0.1, -0.05) is 42.5 Å². The number of esters is 1. The molecule has 0 atom stereocenters. The molecule has 2 amide bonds. The fourth-order valence-electron chi connectivity index (χ4n) is 2.21. The van der Waals surface area contributed by atoms with Crippen LogP contribution in [-0.4, -0.2) is 37.5 Å². The summed E-state index contributed by atoms with van der Waals surface area (Å²) in [5.41, 5.74) is 2.44. The minimum atomic E-state index is -0.723. The molecule has 0 saturated carbocycles. The molecule has 0 spiro atoms. The van der Waals surface area contributed by atoms with Gasteiger partial charge in [0, 0.05) is 12.1 Å². The van der Waals surface area contributed by atoms with Crippen molar-refractivity contribution in [2.45, 2.75) is 6.42 Å². The Labute approximate surface area is 156 Å². The molecule has 0 bridgehead atoms. The second-order valence-corrected chi connectivity index (χ2v) is 5.54. The Bertz CT molecular complexity index is 827. The number of hydrogen-bond acceptors (Lipinski definition) is 5. The van der Waals surface area contributed by atoms with E-state index in [0.29, 0.717) is 5.56 Å². The zero-order valence-corrected chi connectivity index (χ0v) is 14.6. The van der Waals surface area contributed by atoms with E-state index in [2.05, 4.69) is 10.6 Å². The topological polar surface area (TPSA) is 108 Å². The first kappa shape index (κ1) is 19.7. The summed E-state index contributed by atoms with van der Waals surface area (Å²) in [5, 5.41) is 13.2. The van der Waals surface area contributed by atoms with Crippen molar-refractivity contribution in [1.29, 1.82) is 5.26 Å². The van der Waals surface area contributed by atoms with Gasteiger partial charge < -0.3 is 15.4 Å². The number of hydrogen-bond donors (Lipinski definition) is 2. The van der Waals surface area contributed by atoms with E-state index in [-0.39, 0.29) is 19.5 Å². The van der Waals surface area contributed by atoms with Gasteiger partial charge in [-0.15, -0.1) is 0 Å². The lowest BCUT2D eigenvalue weighted by Gasteiger charge is -2.07. The molecular weight excluding hydrogens is 346 g/mol. The Kier molecular flexibility index (Phi) is 7.54. The Hall–Kier alpha value is -3.66. The Balaban J connectivity index is 1.76. The molecule has 2 aromatic rings. The maximum atomic E-state index is 12.1. The van der Waals surface area contributed by atoms with E-state index in [0.717, 1.165) is 11.1 Å². The summed E-state index contributed by atoms with van der Waals surface area (Å²) in [5.74, 6) is -1.63. The van der Waals surface area contributed by atoms with E-state index in [1.807, 2.05) is 48.5 Å². The van der Waals surface area contributed by atoms with Crippen LogP contribution in [0.4, 0.5) is 0 Å². The van der Waals surface area contributed by atoms with E-state index < -0.39 is 24.4 Å². The van der Waals surface area contributed by atoms with Crippen molar-refractivity contribution in [2.24, 2.45) is 0 Å². The van der Waals surface area contributed by atoms with Crippen LogP contribution in [0.1, 0.15) is 16.8 Å². The third-order valence-corrected chi connectivity index (χ3v) is 3.57. The molecule has 0 saturated heterocycles. The Morgan fingerprint density at radius 2 is 1.59 bits per heavy atom. The lowest BCUT2D eigenvalue weighted by molar-refractivity contribution is -0.147. The van der Waals surface area contributed by atoms with Gasteiger partial charge in [-0.2, -0.15) is 5.26 Å². The highest BCUT2D eigenvalue weighted by molar-refractivity contribution is 5.96. The zero-order chi connectivity index (χ0) is 19.5. The average molecular weight is 365 g/mol. The number of benzene rings is 2. The summed E-state index contributed by atoms with van der Waals surface area (Å²) < 4.78 is 4.75. The van der Waals surface area contributed by atoms with Crippen molar-refractivity contribution in [3.8, 4) is 17.2 Å². The molecule has 27 heavy (non-hydrogen) atoms. The number of carbonyl (C=O) groups excluding carboxylic acids is 3. The van der Waals surface area contributed by atoms with Crippen LogP contribution in [0.5, 0.6) is 0 Å². The summed E-state index contributed by atoms with van der Waals surface area (Å²) in [6.07, 6.45) is 0.179. The molecule has 0 aromatic heterocycles. The van der Waals surface area contributed by atoms with Crippen LogP contribution in [0.3, 0.4) is 0 Å². The Morgan fingerprint density at radius 1 is 0.926 bits per heavy atom. The third kappa shape index (κ3) is 6.63. The fraction of sp³-hybridized carbons (Fsp3) is 0.200. The number of ether oxygens (including phenoxy) is 1. The summed E-state index contributed by atoms with van der Waals surface area (Å²) in [4.78, 5) is 35.0. The predicted molar refractivity (Wildman–Crippen MR) is 98.4 cm³/mol. The molecular formula is C20H19N3O4. The molecule has 7 heteroatoms. The van der Waals surface area contributed by atoms with Gasteiger partial charge >= 0.3 is 5.97 Å². The molecule has 0 aliphatic carbocycles. The monoisotopic (exact) mass is 365 g/mol. The van der Waals surface area contributed by atoms with Crippen LogP contribution in [0, 0.1) is 11.3 Å². The smallest absolute Gasteiger partial charge is 0.325 e. The van der Waals surface area contributed by atoms with Crippen LogP contribution < -0.4 is 10.6 Å². The highest BCUT2D eigenvalue weighted by atomic mass is 16.5. The van der Waals surface area contributed by atoms with Crippen LogP contribution in [-0.2, 0) is 14.3 Å². The molecule has 0 aliphatic heterocycles. The van der Waals surface area contributed by atoms with E-state index in [1.165, 1.54) is 0 Å². The first-order chi connectivity index (χ1) is 13.1. The number of nitriles is 1.